The largest absolute Gasteiger partial charge is 0.481 e. The van der Waals surface area contributed by atoms with Crippen LogP contribution in [0.3, 0.4) is 0 Å². The summed E-state index contributed by atoms with van der Waals surface area (Å²) in [6.07, 6.45) is -5.80. The van der Waals surface area contributed by atoms with Gasteiger partial charge in [-0.3, -0.25) is 9.36 Å². The standard InChI is InChI=1S/C9H10F5N3O2S/c1-4(2)17-6(8(10,11)9(12,13)14)15-16-7(17)20-3-5(18)19/h4H,3H2,1-2H3,(H,18,19). The molecule has 20 heavy (non-hydrogen) atoms. The number of thioether (sulfide) groups is 1. The van der Waals surface area contributed by atoms with Crippen molar-refractivity contribution in [3.63, 3.8) is 0 Å². The van der Waals surface area contributed by atoms with Gasteiger partial charge in [0.2, 0.25) is 5.82 Å². The van der Waals surface area contributed by atoms with Crippen molar-refractivity contribution in [2.45, 2.75) is 37.1 Å². The van der Waals surface area contributed by atoms with Crippen molar-refractivity contribution in [2.75, 3.05) is 5.75 Å². The monoisotopic (exact) mass is 319 g/mol. The van der Waals surface area contributed by atoms with Gasteiger partial charge in [0, 0.05) is 6.04 Å². The molecule has 0 amide bonds. The van der Waals surface area contributed by atoms with E-state index >= 15 is 0 Å². The van der Waals surface area contributed by atoms with E-state index in [4.69, 9.17) is 5.11 Å². The fraction of sp³-hybridized carbons (Fsp3) is 0.667. The smallest absolute Gasteiger partial charge is 0.461 e. The molecule has 1 rings (SSSR count). The lowest BCUT2D eigenvalue weighted by Gasteiger charge is -2.21. The van der Waals surface area contributed by atoms with E-state index in [-0.39, 0.29) is 5.16 Å². The third-order valence-corrected chi connectivity index (χ3v) is 3.07. The number of alkyl halides is 5. The van der Waals surface area contributed by atoms with Gasteiger partial charge in [0.15, 0.2) is 5.16 Å². The summed E-state index contributed by atoms with van der Waals surface area (Å²) in [4.78, 5) is 10.4. The minimum atomic E-state index is -5.80. The quantitative estimate of drug-likeness (QED) is 0.667. The Balaban J connectivity index is 3.25. The van der Waals surface area contributed by atoms with E-state index in [1.54, 1.807) is 0 Å². The second-order valence-electron chi connectivity index (χ2n) is 4.02. The van der Waals surface area contributed by atoms with Crippen molar-refractivity contribution < 1.29 is 31.9 Å². The van der Waals surface area contributed by atoms with Crippen LogP contribution < -0.4 is 0 Å². The van der Waals surface area contributed by atoms with Crippen LogP contribution in [0.4, 0.5) is 22.0 Å². The van der Waals surface area contributed by atoms with Gasteiger partial charge in [-0.25, -0.2) is 0 Å². The summed E-state index contributed by atoms with van der Waals surface area (Å²) in [5.74, 6) is -8.49. The molecule has 11 heteroatoms. The number of hydrogen-bond donors (Lipinski definition) is 1. The zero-order valence-corrected chi connectivity index (χ0v) is 11.1. The van der Waals surface area contributed by atoms with E-state index in [9.17, 15) is 26.7 Å². The minimum Gasteiger partial charge on any atom is -0.481 e. The number of halogens is 5. The average molecular weight is 319 g/mol. The lowest BCUT2D eigenvalue weighted by atomic mass is 10.3. The molecule has 1 heterocycles. The number of aliphatic carboxylic acids is 1. The van der Waals surface area contributed by atoms with Crippen LogP contribution in [-0.4, -0.2) is 37.8 Å². The topological polar surface area (TPSA) is 68.0 Å². The van der Waals surface area contributed by atoms with Gasteiger partial charge in [-0.15, -0.1) is 10.2 Å². The first-order valence-corrected chi connectivity index (χ1v) is 6.21. The first kappa shape index (κ1) is 16.7. The fourth-order valence-corrected chi connectivity index (χ4v) is 2.10. The Kier molecular flexibility index (Phi) is 4.62. The first-order valence-electron chi connectivity index (χ1n) is 5.23. The van der Waals surface area contributed by atoms with Crippen LogP contribution in [0.15, 0.2) is 5.16 Å². The number of carboxylic acid groups (broad SMARTS) is 1. The van der Waals surface area contributed by atoms with Gasteiger partial charge in [-0.1, -0.05) is 11.8 Å². The van der Waals surface area contributed by atoms with E-state index in [1.807, 2.05) is 0 Å². The zero-order valence-electron chi connectivity index (χ0n) is 10.3. The molecular formula is C9H10F5N3O2S. The van der Waals surface area contributed by atoms with Crippen molar-refractivity contribution in [1.82, 2.24) is 14.8 Å². The third kappa shape index (κ3) is 3.19. The highest BCUT2D eigenvalue weighted by molar-refractivity contribution is 7.99. The Bertz CT molecular complexity index is 500. The number of rotatable bonds is 5. The summed E-state index contributed by atoms with van der Waals surface area (Å²) >= 11 is 0.520. The Morgan fingerprint density at radius 1 is 1.30 bits per heavy atom. The lowest BCUT2D eigenvalue weighted by molar-refractivity contribution is -0.293. The van der Waals surface area contributed by atoms with E-state index < -0.39 is 35.7 Å². The summed E-state index contributed by atoms with van der Waals surface area (Å²) < 4.78 is 64.3. The van der Waals surface area contributed by atoms with Crippen molar-refractivity contribution in [1.29, 1.82) is 0 Å². The first-order chi connectivity index (χ1) is 8.98. The second-order valence-corrected chi connectivity index (χ2v) is 4.97. The maximum Gasteiger partial charge on any atom is 0.461 e. The highest BCUT2D eigenvalue weighted by Crippen LogP contribution is 2.44. The summed E-state index contributed by atoms with van der Waals surface area (Å²) in [5.41, 5.74) is 0. The molecular weight excluding hydrogens is 309 g/mol. The molecule has 1 aromatic rings. The molecule has 5 nitrogen and oxygen atoms in total. The number of nitrogens with zero attached hydrogens (tertiary/aromatic N) is 3. The molecule has 0 radical (unpaired) electrons. The molecule has 0 spiro atoms. The second kappa shape index (κ2) is 5.54. The van der Waals surface area contributed by atoms with Gasteiger partial charge < -0.3 is 5.11 Å². The number of carboxylic acids is 1. The van der Waals surface area contributed by atoms with Gasteiger partial charge in [0.25, 0.3) is 0 Å². The molecule has 0 unspecified atom stereocenters. The van der Waals surface area contributed by atoms with Crippen molar-refractivity contribution in [2.24, 2.45) is 0 Å². The van der Waals surface area contributed by atoms with Crippen LogP contribution >= 0.6 is 11.8 Å². The number of aromatic nitrogens is 3. The van der Waals surface area contributed by atoms with Crippen LogP contribution in [-0.2, 0) is 10.7 Å². The van der Waals surface area contributed by atoms with Crippen molar-refractivity contribution in [3.05, 3.63) is 5.82 Å². The average Bonchev–Trinajstić information content (AvgIpc) is 2.68. The minimum absolute atomic E-state index is 0.304. The van der Waals surface area contributed by atoms with Gasteiger partial charge >= 0.3 is 18.1 Å². The maximum atomic E-state index is 13.3. The molecule has 114 valence electrons. The van der Waals surface area contributed by atoms with E-state index in [0.29, 0.717) is 16.3 Å². The molecule has 0 fully saturated rings. The summed E-state index contributed by atoms with van der Waals surface area (Å²) in [7, 11) is 0. The summed E-state index contributed by atoms with van der Waals surface area (Å²) in [6.45, 7) is 2.73. The third-order valence-electron chi connectivity index (χ3n) is 2.14. The Morgan fingerprint density at radius 2 is 1.85 bits per heavy atom. The molecule has 0 atom stereocenters. The predicted molar refractivity (Wildman–Crippen MR) is 58.7 cm³/mol. The molecule has 1 aromatic heterocycles. The maximum absolute atomic E-state index is 13.3. The van der Waals surface area contributed by atoms with E-state index in [0.717, 1.165) is 0 Å². The van der Waals surface area contributed by atoms with Crippen LogP contribution in [0.5, 0.6) is 0 Å². The Morgan fingerprint density at radius 3 is 2.25 bits per heavy atom. The van der Waals surface area contributed by atoms with Crippen LogP contribution in [0.2, 0.25) is 0 Å². The molecule has 0 aromatic carbocycles. The molecule has 1 N–H and O–H groups in total. The van der Waals surface area contributed by atoms with Crippen molar-refractivity contribution >= 4 is 17.7 Å². The Labute approximate surface area is 114 Å². The van der Waals surface area contributed by atoms with Crippen LogP contribution in [0.1, 0.15) is 25.7 Å². The molecule has 0 bridgehead atoms. The molecule has 0 saturated carbocycles. The molecule has 0 aliphatic carbocycles. The molecule has 0 saturated heterocycles. The highest BCUT2D eigenvalue weighted by Gasteiger charge is 2.62. The normalized spacial score (nSPS) is 13.0. The molecule has 0 aliphatic heterocycles. The van der Waals surface area contributed by atoms with Gasteiger partial charge in [0.1, 0.15) is 0 Å². The predicted octanol–water partition coefficient (Wildman–Crippen LogP) is 2.69. The van der Waals surface area contributed by atoms with Gasteiger partial charge in [0.05, 0.1) is 5.75 Å². The summed E-state index contributed by atoms with van der Waals surface area (Å²) in [6, 6.07) is -0.787. The summed E-state index contributed by atoms with van der Waals surface area (Å²) in [5, 5.41) is 14.3. The Hall–Kier alpha value is -1.39. The SMILES string of the molecule is CC(C)n1c(SCC(=O)O)nnc1C(F)(F)C(F)(F)F. The fourth-order valence-electron chi connectivity index (χ4n) is 1.31. The van der Waals surface area contributed by atoms with E-state index in [2.05, 4.69) is 10.2 Å². The number of hydrogen-bond acceptors (Lipinski definition) is 4. The van der Waals surface area contributed by atoms with Crippen LogP contribution in [0, 0.1) is 0 Å². The van der Waals surface area contributed by atoms with Gasteiger partial charge in [-0.05, 0) is 13.8 Å². The van der Waals surface area contributed by atoms with Gasteiger partial charge in [-0.2, -0.15) is 22.0 Å². The van der Waals surface area contributed by atoms with E-state index in [1.165, 1.54) is 13.8 Å². The zero-order chi connectivity index (χ0) is 15.7. The molecule has 0 aliphatic rings. The highest BCUT2D eigenvalue weighted by atomic mass is 32.2. The number of carbonyl (C=O) groups is 1. The lowest BCUT2D eigenvalue weighted by Crippen LogP contribution is -2.37. The van der Waals surface area contributed by atoms with Crippen molar-refractivity contribution in [3.8, 4) is 0 Å². The van der Waals surface area contributed by atoms with Crippen LogP contribution in [0.25, 0.3) is 0 Å².